The third-order valence-electron chi connectivity index (χ3n) is 5.51. The largest absolute Gasteiger partial charge is 0.321 e. The topological polar surface area (TPSA) is 30.2 Å². The summed E-state index contributed by atoms with van der Waals surface area (Å²) in [6.07, 6.45) is 7.17. The molecule has 0 aliphatic rings. The normalized spacial score (nSPS) is 10.5. The molecule has 0 aliphatic heterocycles. The van der Waals surface area contributed by atoms with Gasteiger partial charge in [0.2, 0.25) is 0 Å². The lowest BCUT2D eigenvalue weighted by Crippen LogP contribution is -1.88. The van der Waals surface area contributed by atoms with E-state index in [9.17, 15) is 8.78 Å². The van der Waals surface area contributed by atoms with Crippen LogP contribution >= 0.6 is 0 Å². The van der Waals surface area contributed by atoms with Crippen molar-refractivity contribution >= 4 is 27.3 Å². The number of rotatable bonds is 0. The van der Waals surface area contributed by atoms with Gasteiger partial charge in [-0.3, -0.25) is 9.97 Å². The van der Waals surface area contributed by atoms with E-state index in [-0.39, 0.29) is 11.6 Å². The lowest BCUT2D eigenvalue weighted by molar-refractivity contribution is 0.624. The summed E-state index contributed by atoms with van der Waals surface area (Å²) in [6, 6.07) is 22.7. The predicted molar refractivity (Wildman–Crippen MR) is 135 cm³/mol. The number of hydrogen-bond donors (Lipinski definition) is 0. The van der Waals surface area contributed by atoms with Crippen molar-refractivity contribution in [2.75, 3.05) is 0 Å². The first-order valence-electron chi connectivity index (χ1n) is 11.0. The first kappa shape index (κ1) is 23.1. The van der Waals surface area contributed by atoms with Gasteiger partial charge in [-0.2, -0.15) is 0 Å². The zero-order valence-corrected chi connectivity index (χ0v) is 19.3. The Balaban J connectivity index is 0.000000121. The maximum Gasteiger partial charge on any atom is 0.150 e. The zero-order chi connectivity index (χ0) is 24.1. The van der Waals surface area contributed by atoms with Crippen molar-refractivity contribution in [3.63, 3.8) is 0 Å². The van der Waals surface area contributed by atoms with Crippen LogP contribution in [0, 0.1) is 32.4 Å². The minimum Gasteiger partial charge on any atom is -0.321 e. The second-order valence-corrected chi connectivity index (χ2v) is 8.08. The van der Waals surface area contributed by atoms with Gasteiger partial charge in [-0.25, -0.2) is 8.78 Å². The zero-order valence-electron chi connectivity index (χ0n) is 19.3. The van der Waals surface area contributed by atoms with Crippen molar-refractivity contribution in [2.24, 2.45) is 0 Å². The Morgan fingerprint density at radius 3 is 2.21 bits per heavy atom. The molecule has 2 aromatic carbocycles. The number of aromatic nitrogens is 3. The average molecular weight is 454 g/mol. The van der Waals surface area contributed by atoms with Crippen molar-refractivity contribution < 1.29 is 8.78 Å². The van der Waals surface area contributed by atoms with Gasteiger partial charge < -0.3 is 4.40 Å². The summed E-state index contributed by atoms with van der Waals surface area (Å²) in [5, 5.41) is 1.80. The van der Waals surface area contributed by atoms with Gasteiger partial charge in [-0.05, 0) is 86.0 Å². The van der Waals surface area contributed by atoms with Gasteiger partial charge in [0.1, 0.15) is 11.6 Å². The van der Waals surface area contributed by atoms with Crippen LogP contribution in [0.25, 0.3) is 27.3 Å². The van der Waals surface area contributed by atoms with Gasteiger partial charge in [-0.15, -0.1) is 0 Å². The molecular weight excluding hydrogens is 428 g/mol. The molecule has 170 valence electrons. The van der Waals surface area contributed by atoms with Crippen molar-refractivity contribution in [2.45, 2.75) is 20.8 Å². The van der Waals surface area contributed by atoms with E-state index < -0.39 is 0 Å². The molecule has 6 aromatic rings. The second-order valence-electron chi connectivity index (χ2n) is 8.08. The van der Waals surface area contributed by atoms with Crippen LogP contribution in [0.2, 0.25) is 0 Å². The van der Waals surface area contributed by atoms with Crippen molar-refractivity contribution in [3.05, 3.63) is 126 Å². The van der Waals surface area contributed by atoms with Crippen molar-refractivity contribution in [1.82, 2.24) is 14.4 Å². The molecule has 0 unspecified atom stereocenters. The Bertz CT molecular complexity index is 1570. The van der Waals surface area contributed by atoms with Crippen LogP contribution in [0.4, 0.5) is 8.78 Å². The number of hydrogen-bond acceptors (Lipinski definition) is 2. The van der Waals surface area contributed by atoms with Crippen molar-refractivity contribution in [3.8, 4) is 0 Å². The molecule has 6 rings (SSSR count). The Hall–Kier alpha value is -4.12. The highest BCUT2D eigenvalue weighted by atomic mass is 19.1. The second kappa shape index (κ2) is 10.2. The van der Waals surface area contributed by atoms with E-state index in [1.165, 1.54) is 10.9 Å². The summed E-state index contributed by atoms with van der Waals surface area (Å²) in [7, 11) is 0. The van der Waals surface area contributed by atoms with E-state index in [2.05, 4.69) is 41.2 Å². The van der Waals surface area contributed by atoms with E-state index in [1.54, 1.807) is 54.8 Å². The quantitative estimate of drug-likeness (QED) is 0.237. The minimum atomic E-state index is -0.166. The van der Waals surface area contributed by atoms with Crippen LogP contribution < -0.4 is 0 Å². The number of nitrogens with zero attached hydrogens (tertiary/aromatic N) is 3. The molecule has 0 fully saturated rings. The van der Waals surface area contributed by atoms with Gasteiger partial charge in [0.15, 0.2) is 0 Å². The lowest BCUT2D eigenvalue weighted by Gasteiger charge is -1.99. The SMILES string of the molecule is Cc1ccc2cccnc2c1.Cc1ccc2ncccc2c1F.Cc1ccn2cccc2c1F. The average Bonchev–Trinajstić information content (AvgIpc) is 3.34. The van der Waals surface area contributed by atoms with Gasteiger partial charge >= 0.3 is 0 Å². The molecule has 0 saturated carbocycles. The maximum absolute atomic E-state index is 13.4. The molecule has 0 atom stereocenters. The highest BCUT2D eigenvalue weighted by Gasteiger charge is 2.03. The highest BCUT2D eigenvalue weighted by molar-refractivity contribution is 5.80. The predicted octanol–water partition coefficient (Wildman–Crippen LogP) is 7.61. The fourth-order valence-electron chi connectivity index (χ4n) is 3.58. The molecule has 4 aromatic heterocycles. The van der Waals surface area contributed by atoms with Crippen LogP contribution in [0.1, 0.15) is 16.7 Å². The molecule has 4 heterocycles. The lowest BCUT2D eigenvalue weighted by atomic mass is 10.1. The molecule has 34 heavy (non-hydrogen) atoms. The first-order valence-corrected chi connectivity index (χ1v) is 11.0. The van der Waals surface area contributed by atoms with E-state index in [4.69, 9.17) is 0 Å². The first-order chi connectivity index (χ1) is 16.4. The van der Waals surface area contributed by atoms with Gasteiger partial charge in [0.05, 0.1) is 16.6 Å². The third kappa shape index (κ3) is 5.09. The fraction of sp³-hybridized carbons (Fsp3) is 0.103. The fourth-order valence-corrected chi connectivity index (χ4v) is 3.58. The van der Waals surface area contributed by atoms with Crippen molar-refractivity contribution in [1.29, 1.82) is 0 Å². The summed E-state index contributed by atoms with van der Waals surface area (Å²) in [5.41, 5.74) is 5.04. The molecule has 0 bridgehead atoms. The summed E-state index contributed by atoms with van der Waals surface area (Å²) in [5.74, 6) is -0.293. The van der Waals surface area contributed by atoms with Crippen LogP contribution in [-0.4, -0.2) is 14.4 Å². The van der Waals surface area contributed by atoms with Gasteiger partial charge in [0.25, 0.3) is 0 Å². The van der Waals surface area contributed by atoms with Gasteiger partial charge in [0, 0.05) is 35.6 Å². The third-order valence-corrected chi connectivity index (χ3v) is 5.51. The van der Waals surface area contributed by atoms with Crippen LogP contribution in [0.15, 0.2) is 97.6 Å². The number of aryl methyl sites for hydroxylation is 3. The Morgan fingerprint density at radius 1 is 0.647 bits per heavy atom. The molecular formula is C29H25F2N3. The molecule has 0 spiro atoms. The van der Waals surface area contributed by atoms with Crippen LogP contribution in [0.5, 0.6) is 0 Å². The van der Waals surface area contributed by atoms with E-state index in [0.29, 0.717) is 27.5 Å². The van der Waals surface area contributed by atoms with Crippen LogP contribution in [0.3, 0.4) is 0 Å². The Kier molecular flexibility index (Phi) is 6.93. The monoisotopic (exact) mass is 453 g/mol. The maximum atomic E-state index is 13.4. The summed E-state index contributed by atoms with van der Waals surface area (Å²) < 4.78 is 28.3. The molecule has 5 heteroatoms. The molecule has 0 saturated heterocycles. The minimum absolute atomic E-state index is 0.127. The molecule has 0 aliphatic carbocycles. The molecule has 0 N–H and O–H groups in total. The molecule has 0 radical (unpaired) electrons. The number of halogens is 2. The number of pyridine rings is 3. The smallest absolute Gasteiger partial charge is 0.150 e. The number of benzene rings is 2. The van der Waals surface area contributed by atoms with E-state index in [1.807, 2.05) is 36.8 Å². The summed E-state index contributed by atoms with van der Waals surface area (Å²) >= 11 is 0. The van der Waals surface area contributed by atoms with Gasteiger partial charge in [-0.1, -0.05) is 24.3 Å². The number of fused-ring (bicyclic) bond motifs is 3. The van der Waals surface area contributed by atoms with Crippen LogP contribution in [-0.2, 0) is 0 Å². The standard InChI is InChI=1S/C10H8FN.C10H9N.C9H8FN/c1-7-4-5-9-8(10(7)11)3-2-6-12-9;1-8-4-5-9-3-2-6-11-10(9)7-8;1-7-4-6-11-5-2-3-8(11)9(7)10/h2-6H,1H3;2-7H,1H3;2-6H,1H3. The molecule has 0 amide bonds. The van der Waals surface area contributed by atoms with E-state index >= 15 is 0 Å². The summed E-state index contributed by atoms with van der Waals surface area (Å²) in [4.78, 5) is 8.29. The molecule has 3 nitrogen and oxygen atoms in total. The van der Waals surface area contributed by atoms with E-state index in [0.717, 1.165) is 5.52 Å². The highest BCUT2D eigenvalue weighted by Crippen LogP contribution is 2.18. The Labute approximate surface area is 197 Å². The summed E-state index contributed by atoms with van der Waals surface area (Å²) in [6.45, 7) is 5.60. The Morgan fingerprint density at radius 2 is 1.38 bits per heavy atom.